The van der Waals surface area contributed by atoms with Gasteiger partial charge in [0, 0.05) is 28.3 Å². The van der Waals surface area contributed by atoms with E-state index in [-0.39, 0.29) is 11.9 Å². The van der Waals surface area contributed by atoms with Gasteiger partial charge >= 0.3 is 0 Å². The van der Waals surface area contributed by atoms with E-state index >= 15 is 0 Å². The van der Waals surface area contributed by atoms with Gasteiger partial charge in [-0.2, -0.15) is 0 Å². The second-order valence-electron chi connectivity index (χ2n) is 4.57. The summed E-state index contributed by atoms with van der Waals surface area (Å²) in [6, 6.07) is 3.83. The third-order valence-electron chi connectivity index (χ3n) is 3.16. The molecule has 1 N–H and O–H groups in total. The van der Waals surface area contributed by atoms with Crippen molar-refractivity contribution in [3.63, 3.8) is 0 Å². The molecule has 2 rings (SSSR count). The van der Waals surface area contributed by atoms with Gasteiger partial charge < -0.3 is 5.32 Å². The molecule has 1 fully saturated rings. The highest BCUT2D eigenvalue weighted by atomic mass is 79.9. The van der Waals surface area contributed by atoms with Crippen LogP contribution < -0.4 is 5.32 Å². The first-order valence-corrected chi connectivity index (χ1v) is 6.96. The summed E-state index contributed by atoms with van der Waals surface area (Å²) >= 11 is 3.64. The third kappa shape index (κ3) is 3.28. The summed E-state index contributed by atoms with van der Waals surface area (Å²) in [5, 5.41) is 3.10. The maximum atomic E-state index is 12.1. The number of pyridine rings is 1. The number of rotatable bonds is 2. The summed E-state index contributed by atoms with van der Waals surface area (Å²) in [6.07, 6.45) is 6.32. The minimum absolute atomic E-state index is 0.00634. The zero-order chi connectivity index (χ0) is 12.3. The molecule has 4 heteroatoms. The highest BCUT2D eigenvalue weighted by Crippen LogP contribution is 2.24. The highest BCUT2D eigenvalue weighted by molar-refractivity contribution is 9.09. The van der Waals surface area contributed by atoms with E-state index in [9.17, 15) is 4.79 Å². The molecule has 1 aliphatic carbocycles. The molecular formula is C13H17BrN2O. The van der Waals surface area contributed by atoms with Gasteiger partial charge in [0.25, 0.3) is 5.91 Å². The highest BCUT2D eigenvalue weighted by Gasteiger charge is 2.24. The molecular weight excluding hydrogens is 280 g/mol. The minimum Gasteiger partial charge on any atom is -0.348 e. The molecule has 0 bridgehead atoms. The van der Waals surface area contributed by atoms with E-state index in [2.05, 4.69) is 26.2 Å². The van der Waals surface area contributed by atoms with Crippen LogP contribution in [0.25, 0.3) is 0 Å². The molecule has 1 saturated carbocycles. The predicted molar refractivity (Wildman–Crippen MR) is 71.4 cm³/mol. The van der Waals surface area contributed by atoms with Gasteiger partial charge in [-0.3, -0.25) is 9.78 Å². The molecule has 0 aliphatic heterocycles. The molecule has 17 heavy (non-hydrogen) atoms. The standard InChI is InChI=1S/C13H17BrN2O/c1-9-8-10(6-7-15-9)13(17)16-12-5-3-2-4-11(12)14/h6-8,11-12H,2-5H2,1H3,(H,16,17). The molecule has 2 unspecified atom stereocenters. The number of nitrogens with one attached hydrogen (secondary N) is 1. The number of aromatic nitrogens is 1. The van der Waals surface area contributed by atoms with Crippen molar-refractivity contribution in [1.82, 2.24) is 10.3 Å². The normalized spacial score (nSPS) is 24.4. The maximum Gasteiger partial charge on any atom is 0.251 e. The molecule has 1 amide bonds. The Hall–Kier alpha value is -0.900. The summed E-state index contributed by atoms with van der Waals surface area (Å²) in [4.78, 5) is 16.6. The zero-order valence-corrected chi connectivity index (χ0v) is 11.5. The fourth-order valence-corrected chi connectivity index (χ4v) is 2.91. The largest absolute Gasteiger partial charge is 0.348 e. The maximum absolute atomic E-state index is 12.1. The molecule has 1 aliphatic rings. The van der Waals surface area contributed by atoms with Crippen molar-refractivity contribution in [1.29, 1.82) is 0 Å². The van der Waals surface area contributed by atoms with Crippen molar-refractivity contribution in [2.75, 3.05) is 0 Å². The van der Waals surface area contributed by atoms with Gasteiger partial charge in [-0.15, -0.1) is 0 Å². The fraction of sp³-hybridized carbons (Fsp3) is 0.538. The topological polar surface area (TPSA) is 42.0 Å². The molecule has 1 aromatic heterocycles. The van der Waals surface area contributed by atoms with Crippen LogP contribution in [0.4, 0.5) is 0 Å². The van der Waals surface area contributed by atoms with Crippen molar-refractivity contribution in [2.24, 2.45) is 0 Å². The lowest BCUT2D eigenvalue weighted by atomic mass is 9.95. The van der Waals surface area contributed by atoms with Crippen LogP contribution in [0.15, 0.2) is 18.3 Å². The number of amides is 1. The molecule has 1 aromatic rings. The van der Waals surface area contributed by atoms with Gasteiger partial charge in [0.05, 0.1) is 0 Å². The van der Waals surface area contributed by atoms with E-state index in [1.807, 2.05) is 13.0 Å². The van der Waals surface area contributed by atoms with Gasteiger partial charge in [0.2, 0.25) is 0 Å². The number of hydrogen-bond acceptors (Lipinski definition) is 2. The van der Waals surface area contributed by atoms with Crippen LogP contribution in [-0.4, -0.2) is 21.8 Å². The van der Waals surface area contributed by atoms with Crippen molar-refractivity contribution < 1.29 is 4.79 Å². The Kier molecular flexibility index (Phi) is 4.15. The average molecular weight is 297 g/mol. The van der Waals surface area contributed by atoms with E-state index in [1.165, 1.54) is 12.8 Å². The van der Waals surface area contributed by atoms with Gasteiger partial charge in [0.1, 0.15) is 0 Å². The number of hydrogen-bond donors (Lipinski definition) is 1. The first-order chi connectivity index (χ1) is 8.16. The minimum atomic E-state index is 0.00634. The summed E-state index contributed by atoms with van der Waals surface area (Å²) in [5.74, 6) is 0.00634. The summed E-state index contributed by atoms with van der Waals surface area (Å²) in [6.45, 7) is 1.89. The van der Waals surface area contributed by atoms with Gasteiger partial charge in [-0.1, -0.05) is 28.8 Å². The number of nitrogens with zero attached hydrogens (tertiary/aromatic N) is 1. The number of carbonyl (C=O) groups is 1. The van der Waals surface area contributed by atoms with E-state index in [0.29, 0.717) is 10.4 Å². The Morgan fingerprint density at radius 2 is 2.24 bits per heavy atom. The lowest BCUT2D eigenvalue weighted by Gasteiger charge is -2.28. The second-order valence-corrected chi connectivity index (χ2v) is 5.74. The smallest absolute Gasteiger partial charge is 0.251 e. The SMILES string of the molecule is Cc1cc(C(=O)NC2CCCCC2Br)ccn1. The molecule has 0 aromatic carbocycles. The molecule has 0 spiro atoms. The van der Waals surface area contributed by atoms with Crippen LogP contribution in [0.2, 0.25) is 0 Å². The first kappa shape index (κ1) is 12.6. The summed E-state index contributed by atoms with van der Waals surface area (Å²) < 4.78 is 0. The number of alkyl halides is 1. The van der Waals surface area contributed by atoms with Crippen molar-refractivity contribution in [2.45, 2.75) is 43.5 Å². The average Bonchev–Trinajstić information content (AvgIpc) is 2.32. The quantitative estimate of drug-likeness (QED) is 0.853. The Labute approximate surface area is 110 Å². The molecule has 1 heterocycles. The van der Waals surface area contributed by atoms with Crippen LogP contribution in [0.1, 0.15) is 41.7 Å². The van der Waals surface area contributed by atoms with Crippen molar-refractivity contribution in [3.05, 3.63) is 29.6 Å². The van der Waals surface area contributed by atoms with Crippen molar-refractivity contribution in [3.8, 4) is 0 Å². The number of carbonyl (C=O) groups excluding carboxylic acids is 1. The van der Waals surface area contributed by atoms with Gasteiger partial charge in [0.15, 0.2) is 0 Å². The molecule has 3 nitrogen and oxygen atoms in total. The van der Waals surface area contributed by atoms with Crippen LogP contribution in [0.3, 0.4) is 0 Å². The molecule has 2 atom stereocenters. The Balaban J connectivity index is 2.01. The summed E-state index contributed by atoms with van der Waals surface area (Å²) in [5.41, 5.74) is 1.57. The van der Waals surface area contributed by atoms with Crippen LogP contribution >= 0.6 is 15.9 Å². The lowest BCUT2D eigenvalue weighted by Crippen LogP contribution is -2.42. The third-order valence-corrected chi connectivity index (χ3v) is 4.25. The monoisotopic (exact) mass is 296 g/mol. The van der Waals surface area contributed by atoms with Crippen LogP contribution in [-0.2, 0) is 0 Å². The Bertz CT molecular complexity index is 408. The zero-order valence-electron chi connectivity index (χ0n) is 9.95. The predicted octanol–water partition coefficient (Wildman–Crippen LogP) is 2.83. The van der Waals surface area contributed by atoms with Gasteiger partial charge in [-0.05, 0) is 31.9 Å². The fourth-order valence-electron chi connectivity index (χ4n) is 2.19. The number of aryl methyl sites for hydroxylation is 1. The molecule has 0 saturated heterocycles. The van der Waals surface area contributed by atoms with Crippen LogP contribution in [0, 0.1) is 6.92 Å². The van der Waals surface area contributed by atoms with E-state index in [4.69, 9.17) is 0 Å². The van der Waals surface area contributed by atoms with Gasteiger partial charge in [-0.25, -0.2) is 0 Å². The summed E-state index contributed by atoms with van der Waals surface area (Å²) in [7, 11) is 0. The van der Waals surface area contributed by atoms with Crippen molar-refractivity contribution >= 4 is 21.8 Å². The first-order valence-electron chi connectivity index (χ1n) is 6.04. The Morgan fingerprint density at radius 3 is 2.94 bits per heavy atom. The lowest BCUT2D eigenvalue weighted by molar-refractivity contribution is 0.0929. The van der Waals surface area contributed by atoms with E-state index in [1.54, 1.807) is 12.3 Å². The molecule has 0 radical (unpaired) electrons. The number of halogens is 1. The van der Waals surface area contributed by atoms with E-state index in [0.717, 1.165) is 18.5 Å². The molecule has 92 valence electrons. The van der Waals surface area contributed by atoms with Crippen LogP contribution in [0.5, 0.6) is 0 Å². The Morgan fingerprint density at radius 1 is 1.47 bits per heavy atom. The second kappa shape index (κ2) is 5.63. The van der Waals surface area contributed by atoms with E-state index < -0.39 is 0 Å².